The highest BCUT2D eigenvalue weighted by Gasteiger charge is 2.37. The van der Waals surface area contributed by atoms with Crippen molar-refractivity contribution in [3.8, 4) is 0 Å². The highest BCUT2D eigenvalue weighted by Crippen LogP contribution is 2.40. The molecule has 0 bridgehead atoms. The van der Waals surface area contributed by atoms with Crippen LogP contribution in [0.3, 0.4) is 0 Å². The lowest BCUT2D eigenvalue weighted by Gasteiger charge is -2.21. The molecule has 1 rings (SSSR count). The third kappa shape index (κ3) is 4.05. The van der Waals surface area contributed by atoms with E-state index in [2.05, 4.69) is 9.47 Å². The highest BCUT2D eigenvalue weighted by atomic mass is 16.5. The number of hydrogen-bond donors (Lipinski definition) is 0. The first kappa shape index (κ1) is 15.1. The second-order valence-corrected chi connectivity index (χ2v) is 4.44. The third-order valence-electron chi connectivity index (χ3n) is 3.30. The summed E-state index contributed by atoms with van der Waals surface area (Å²) in [7, 11) is 2.53. The minimum atomic E-state index is -0.696. The van der Waals surface area contributed by atoms with Gasteiger partial charge in [-0.05, 0) is 18.9 Å². The van der Waals surface area contributed by atoms with E-state index < -0.39 is 17.4 Å². The Balaban J connectivity index is 2.84. The Kier molecular flexibility index (Phi) is 5.48. The number of ketones is 1. The number of allylic oxidation sites excluding steroid dienone is 2. The topological polar surface area (TPSA) is 69.7 Å². The van der Waals surface area contributed by atoms with Crippen molar-refractivity contribution < 1.29 is 23.9 Å². The fourth-order valence-corrected chi connectivity index (χ4v) is 2.17. The van der Waals surface area contributed by atoms with Crippen LogP contribution in [-0.2, 0) is 23.9 Å². The maximum absolute atomic E-state index is 12.2. The second-order valence-electron chi connectivity index (χ2n) is 4.44. The van der Waals surface area contributed by atoms with E-state index in [0.29, 0.717) is 12.8 Å². The summed E-state index contributed by atoms with van der Waals surface area (Å²) in [4.78, 5) is 34.3. The van der Waals surface area contributed by atoms with E-state index in [1.165, 1.54) is 26.4 Å². The summed E-state index contributed by atoms with van der Waals surface area (Å²) in [6.07, 6.45) is 8.38. The Morgan fingerprint density at radius 3 is 1.95 bits per heavy atom. The molecule has 0 amide bonds. The van der Waals surface area contributed by atoms with Gasteiger partial charge in [-0.25, -0.2) is 9.59 Å². The van der Waals surface area contributed by atoms with Gasteiger partial charge in [0.1, 0.15) is 0 Å². The van der Waals surface area contributed by atoms with E-state index in [1.54, 1.807) is 6.08 Å². The molecular formula is C14H18O5. The van der Waals surface area contributed by atoms with E-state index in [1.807, 2.05) is 0 Å². The molecule has 5 heteroatoms. The molecule has 0 aromatic heterocycles. The first-order valence-electron chi connectivity index (χ1n) is 6.12. The average Bonchev–Trinajstić information content (AvgIpc) is 2.91. The first-order valence-corrected chi connectivity index (χ1v) is 6.12. The van der Waals surface area contributed by atoms with Gasteiger partial charge >= 0.3 is 11.9 Å². The number of ether oxygens (including phenoxy) is 2. The number of carbonyl (C=O) groups is 3. The SMILES string of the molecule is COC(=O)/C=C/C(=O)C1(/C=C/C(=O)OC)CCCC1. The molecule has 1 fully saturated rings. The molecule has 0 atom stereocenters. The Bertz CT molecular complexity index is 414. The van der Waals surface area contributed by atoms with Gasteiger partial charge in [0, 0.05) is 12.2 Å². The van der Waals surface area contributed by atoms with Gasteiger partial charge in [0.05, 0.1) is 19.6 Å². The lowest BCUT2D eigenvalue weighted by atomic mass is 9.81. The Labute approximate surface area is 112 Å². The molecular weight excluding hydrogens is 248 g/mol. The molecule has 5 nitrogen and oxygen atoms in total. The lowest BCUT2D eigenvalue weighted by molar-refractivity contribution is -0.136. The number of rotatable bonds is 5. The zero-order valence-corrected chi connectivity index (χ0v) is 11.2. The lowest BCUT2D eigenvalue weighted by Crippen LogP contribution is -2.24. The molecule has 0 saturated heterocycles. The second kappa shape index (κ2) is 6.87. The normalized spacial score (nSPS) is 17.8. The molecule has 0 aromatic carbocycles. The van der Waals surface area contributed by atoms with Gasteiger partial charge < -0.3 is 9.47 Å². The van der Waals surface area contributed by atoms with Crippen LogP contribution in [0.15, 0.2) is 24.3 Å². The number of methoxy groups -OCH3 is 2. The van der Waals surface area contributed by atoms with Gasteiger partial charge in [-0.1, -0.05) is 18.9 Å². The molecule has 0 radical (unpaired) electrons. The van der Waals surface area contributed by atoms with Crippen LogP contribution in [0, 0.1) is 5.41 Å². The van der Waals surface area contributed by atoms with Gasteiger partial charge in [0.25, 0.3) is 0 Å². The molecule has 1 aliphatic rings. The van der Waals surface area contributed by atoms with Crippen molar-refractivity contribution in [1.82, 2.24) is 0 Å². The van der Waals surface area contributed by atoms with Crippen molar-refractivity contribution in [2.24, 2.45) is 5.41 Å². The van der Waals surface area contributed by atoms with Crippen molar-refractivity contribution in [2.75, 3.05) is 14.2 Å². The summed E-state index contributed by atoms with van der Waals surface area (Å²) in [5.74, 6) is -1.25. The van der Waals surface area contributed by atoms with Crippen LogP contribution >= 0.6 is 0 Å². The molecule has 0 spiro atoms. The maximum atomic E-state index is 12.2. The number of carbonyl (C=O) groups excluding carboxylic acids is 3. The first-order chi connectivity index (χ1) is 9.04. The van der Waals surface area contributed by atoms with Crippen molar-refractivity contribution >= 4 is 17.7 Å². The highest BCUT2D eigenvalue weighted by molar-refractivity contribution is 6.01. The molecule has 1 saturated carbocycles. The molecule has 0 aliphatic heterocycles. The molecule has 0 N–H and O–H groups in total. The predicted molar refractivity (Wildman–Crippen MR) is 68.2 cm³/mol. The van der Waals surface area contributed by atoms with Crippen LogP contribution in [0.4, 0.5) is 0 Å². The zero-order chi connectivity index (χ0) is 14.3. The smallest absolute Gasteiger partial charge is 0.330 e. The van der Waals surface area contributed by atoms with Crippen molar-refractivity contribution in [2.45, 2.75) is 25.7 Å². The van der Waals surface area contributed by atoms with E-state index in [9.17, 15) is 14.4 Å². The molecule has 0 heterocycles. The summed E-state index contributed by atoms with van der Waals surface area (Å²) in [6.45, 7) is 0. The standard InChI is InChI=1S/C14H18O5/c1-18-12(16)6-5-11(15)14(8-3-4-9-14)10-7-13(17)19-2/h5-7,10H,3-4,8-9H2,1-2H3/b6-5+,10-7+. The van der Waals surface area contributed by atoms with Gasteiger partial charge in [-0.3, -0.25) is 4.79 Å². The zero-order valence-electron chi connectivity index (χ0n) is 11.2. The minimum Gasteiger partial charge on any atom is -0.466 e. The van der Waals surface area contributed by atoms with E-state index in [0.717, 1.165) is 18.9 Å². The van der Waals surface area contributed by atoms with E-state index >= 15 is 0 Å². The van der Waals surface area contributed by atoms with Gasteiger partial charge in [-0.15, -0.1) is 0 Å². The summed E-state index contributed by atoms with van der Waals surface area (Å²) in [5, 5.41) is 0. The summed E-state index contributed by atoms with van der Waals surface area (Å²) in [6, 6.07) is 0. The summed E-state index contributed by atoms with van der Waals surface area (Å²) < 4.78 is 8.96. The van der Waals surface area contributed by atoms with Crippen LogP contribution in [0.25, 0.3) is 0 Å². The fourth-order valence-electron chi connectivity index (χ4n) is 2.17. The monoisotopic (exact) mass is 266 g/mol. The van der Waals surface area contributed by atoms with E-state index in [-0.39, 0.29) is 5.78 Å². The van der Waals surface area contributed by atoms with Gasteiger partial charge in [-0.2, -0.15) is 0 Å². The quantitative estimate of drug-likeness (QED) is 0.558. The van der Waals surface area contributed by atoms with Crippen LogP contribution in [-0.4, -0.2) is 31.9 Å². The average molecular weight is 266 g/mol. The van der Waals surface area contributed by atoms with Crippen LogP contribution in [0.1, 0.15) is 25.7 Å². The molecule has 1 aliphatic carbocycles. The van der Waals surface area contributed by atoms with Crippen molar-refractivity contribution in [1.29, 1.82) is 0 Å². The number of hydrogen-bond acceptors (Lipinski definition) is 5. The minimum absolute atomic E-state index is 0.185. The van der Waals surface area contributed by atoms with Gasteiger partial charge in [0.15, 0.2) is 5.78 Å². The Morgan fingerprint density at radius 2 is 1.42 bits per heavy atom. The molecule has 104 valence electrons. The van der Waals surface area contributed by atoms with E-state index in [4.69, 9.17) is 0 Å². The Hall–Kier alpha value is -1.91. The maximum Gasteiger partial charge on any atom is 0.330 e. The molecule has 19 heavy (non-hydrogen) atoms. The summed E-state index contributed by atoms with van der Waals surface area (Å²) in [5.41, 5.74) is -0.696. The molecule has 0 unspecified atom stereocenters. The Morgan fingerprint density at radius 1 is 0.895 bits per heavy atom. The summed E-state index contributed by atoms with van der Waals surface area (Å²) >= 11 is 0. The van der Waals surface area contributed by atoms with Crippen LogP contribution in [0.5, 0.6) is 0 Å². The van der Waals surface area contributed by atoms with Gasteiger partial charge in [0.2, 0.25) is 0 Å². The predicted octanol–water partition coefficient (Wildman–Crippen LogP) is 1.57. The number of esters is 2. The van der Waals surface area contributed by atoms with Crippen LogP contribution < -0.4 is 0 Å². The molecule has 0 aromatic rings. The van der Waals surface area contributed by atoms with Crippen LogP contribution in [0.2, 0.25) is 0 Å². The fraction of sp³-hybridized carbons (Fsp3) is 0.500. The van der Waals surface area contributed by atoms with Crippen molar-refractivity contribution in [3.63, 3.8) is 0 Å². The third-order valence-corrected chi connectivity index (χ3v) is 3.30. The largest absolute Gasteiger partial charge is 0.466 e. The van der Waals surface area contributed by atoms with Crippen molar-refractivity contribution in [3.05, 3.63) is 24.3 Å².